The van der Waals surface area contributed by atoms with Crippen molar-refractivity contribution in [2.24, 2.45) is 5.92 Å². The molecule has 0 amide bonds. The Balaban J connectivity index is 1.77. The van der Waals surface area contributed by atoms with Gasteiger partial charge in [0.2, 0.25) is 0 Å². The van der Waals surface area contributed by atoms with Gasteiger partial charge in [-0.2, -0.15) is 0 Å². The van der Waals surface area contributed by atoms with Crippen molar-refractivity contribution in [2.45, 2.75) is 32.1 Å². The lowest BCUT2D eigenvalue weighted by atomic mass is 9.87. The van der Waals surface area contributed by atoms with E-state index in [0.29, 0.717) is 12.8 Å². The van der Waals surface area contributed by atoms with E-state index in [0.717, 1.165) is 24.8 Å². The average molecular weight is 248 g/mol. The van der Waals surface area contributed by atoms with E-state index in [1.54, 1.807) is 12.1 Å². The van der Waals surface area contributed by atoms with Gasteiger partial charge < -0.3 is 5.11 Å². The quantitative estimate of drug-likeness (QED) is 0.884. The molecule has 0 aliphatic heterocycles. The molecule has 1 atom stereocenters. The highest BCUT2D eigenvalue weighted by atomic mass is 19.1. The fraction of sp³-hybridized carbons (Fsp3) is 0.400. The van der Waals surface area contributed by atoms with E-state index in [1.807, 2.05) is 0 Å². The third-order valence-corrected chi connectivity index (χ3v) is 3.31. The highest BCUT2D eigenvalue weighted by Crippen LogP contribution is 2.25. The highest BCUT2D eigenvalue weighted by Gasteiger charge is 2.19. The van der Waals surface area contributed by atoms with E-state index in [9.17, 15) is 14.3 Å². The number of halogens is 1. The number of aryl methyl sites for hydroxylation is 1. The number of benzene rings is 1. The zero-order chi connectivity index (χ0) is 13.0. The van der Waals surface area contributed by atoms with Gasteiger partial charge in [0.05, 0.1) is 5.76 Å². The molecule has 96 valence electrons. The smallest absolute Gasteiger partial charge is 0.159 e. The van der Waals surface area contributed by atoms with E-state index in [4.69, 9.17) is 0 Å². The first kappa shape index (κ1) is 12.8. The fourth-order valence-electron chi connectivity index (χ4n) is 2.41. The van der Waals surface area contributed by atoms with Crippen LogP contribution in [0.3, 0.4) is 0 Å². The maximum atomic E-state index is 12.7. The summed E-state index contributed by atoms with van der Waals surface area (Å²) in [5.41, 5.74) is 1.11. The number of ketones is 1. The van der Waals surface area contributed by atoms with Crippen LogP contribution >= 0.6 is 0 Å². The molecule has 0 radical (unpaired) electrons. The minimum atomic E-state index is -0.216. The van der Waals surface area contributed by atoms with Gasteiger partial charge in [-0.25, -0.2) is 4.39 Å². The van der Waals surface area contributed by atoms with Crippen molar-refractivity contribution in [3.63, 3.8) is 0 Å². The Morgan fingerprint density at radius 2 is 1.94 bits per heavy atom. The van der Waals surface area contributed by atoms with Gasteiger partial charge in [0.15, 0.2) is 5.78 Å². The number of aliphatic hydroxyl groups is 1. The third-order valence-electron chi connectivity index (χ3n) is 3.31. The Morgan fingerprint density at radius 1 is 1.22 bits per heavy atom. The average Bonchev–Trinajstić information content (AvgIpc) is 2.30. The van der Waals surface area contributed by atoms with Crippen molar-refractivity contribution >= 4 is 5.78 Å². The monoisotopic (exact) mass is 248 g/mol. The summed E-state index contributed by atoms with van der Waals surface area (Å²) in [6, 6.07) is 6.51. The number of allylic oxidation sites excluding steroid dienone is 2. The SMILES string of the molecule is O=C1C=C(O)CC(CCCc2ccc(F)cc2)C1. The lowest BCUT2D eigenvalue weighted by Gasteiger charge is -2.18. The molecule has 3 heteroatoms. The van der Waals surface area contributed by atoms with Gasteiger partial charge in [0.25, 0.3) is 0 Å². The van der Waals surface area contributed by atoms with Crippen molar-refractivity contribution in [3.8, 4) is 0 Å². The second-order valence-electron chi connectivity index (χ2n) is 4.89. The zero-order valence-corrected chi connectivity index (χ0v) is 10.2. The molecule has 0 spiro atoms. The fourth-order valence-corrected chi connectivity index (χ4v) is 2.41. The Bertz CT molecular complexity index is 448. The van der Waals surface area contributed by atoms with E-state index in [2.05, 4.69) is 0 Å². The standard InChI is InChI=1S/C15H17FO2/c16-13-6-4-11(5-7-13)2-1-3-12-8-14(17)10-15(18)9-12/h4-7,10,12,17H,1-3,8-9H2. The molecule has 0 bridgehead atoms. The van der Waals surface area contributed by atoms with E-state index in [-0.39, 0.29) is 23.3 Å². The summed E-state index contributed by atoms with van der Waals surface area (Å²) in [7, 11) is 0. The first-order valence-corrected chi connectivity index (χ1v) is 6.30. The van der Waals surface area contributed by atoms with Crippen LogP contribution in [0, 0.1) is 11.7 Å². The Hall–Kier alpha value is -1.64. The molecular formula is C15H17FO2. The van der Waals surface area contributed by atoms with E-state index in [1.165, 1.54) is 18.2 Å². The Morgan fingerprint density at radius 3 is 2.61 bits per heavy atom. The maximum Gasteiger partial charge on any atom is 0.159 e. The van der Waals surface area contributed by atoms with Crippen LogP contribution in [0.15, 0.2) is 36.1 Å². The van der Waals surface area contributed by atoms with Gasteiger partial charge in [0, 0.05) is 18.9 Å². The highest BCUT2D eigenvalue weighted by molar-refractivity contribution is 5.91. The van der Waals surface area contributed by atoms with Gasteiger partial charge in [-0.15, -0.1) is 0 Å². The normalized spacial score (nSPS) is 19.7. The number of aliphatic hydroxyl groups excluding tert-OH is 1. The Labute approximate surface area is 106 Å². The molecule has 0 saturated carbocycles. The number of carbonyl (C=O) groups is 1. The predicted octanol–water partition coefficient (Wildman–Crippen LogP) is 3.57. The van der Waals surface area contributed by atoms with Gasteiger partial charge in [-0.05, 0) is 42.9 Å². The van der Waals surface area contributed by atoms with Gasteiger partial charge >= 0.3 is 0 Å². The summed E-state index contributed by atoms with van der Waals surface area (Å²) >= 11 is 0. The zero-order valence-electron chi connectivity index (χ0n) is 10.2. The summed E-state index contributed by atoms with van der Waals surface area (Å²) in [6.45, 7) is 0. The molecule has 1 unspecified atom stereocenters. The lowest BCUT2D eigenvalue weighted by molar-refractivity contribution is -0.116. The molecule has 18 heavy (non-hydrogen) atoms. The van der Waals surface area contributed by atoms with E-state index < -0.39 is 0 Å². The van der Waals surface area contributed by atoms with Crippen LogP contribution in [-0.4, -0.2) is 10.9 Å². The van der Waals surface area contributed by atoms with Crippen LogP contribution in [0.25, 0.3) is 0 Å². The van der Waals surface area contributed by atoms with Crippen LogP contribution < -0.4 is 0 Å². The van der Waals surface area contributed by atoms with Crippen LogP contribution in [0.5, 0.6) is 0 Å². The maximum absolute atomic E-state index is 12.7. The van der Waals surface area contributed by atoms with Gasteiger partial charge in [-0.1, -0.05) is 12.1 Å². The molecule has 1 aliphatic carbocycles. The molecule has 2 rings (SSSR count). The molecular weight excluding hydrogens is 231 g/mol. The summed E-state index contributed by atoms with van der Waals surface area (Å²) in [6.07, 6.45) is 5.23. The molecule has 1 aromatic rings. The summed E-state index contributed by atoms with van der Waals surface area (Å²) in [5.74, 6) is 0.262. The topological polar surface area (TPSA) is 37.3 Å². The first-order valence-electron chi connectivity index (χ1n) is 6.30. The molecule has 1 aromatic carbocycles. The van der Waals surface area contributed by atoms with Crippen molar-refractivity contribution < 1.29 is 14.3 Å². The molecule has 0 heterocycles. The predicted molar refractivity (Wildman–Crippen MR) is 67.8 cm³/mol. The molecule has 0 aromatic heterocycles. The third kappa shape index (κ3) is 3.69. The van der Waals surface area contributed by atoms with E-state index >= 15 is 0 Å². The second-order valence-corrected chi connectivity index (χ2v) is 4.89. The first-order chi connectivity index (χ1) is 8.63. The van der Waals surface area contributed by atoms with Crippen molar-refractivity contribution in [2.75, 3.05) is 0 Å². The Kier molecular flexibility index (Phi) is 4.13. The minimum absolute atomic E-state index is 0.0190. The number of hydrogen-bond donors (Lipinski definition) is 1. The molecule has 1 aliphatic rings. The van der Waals surface area contributed by atoms with Crippen molar-refractivity contribution in [1.29, 1.82) is 0 Å². The van der Waals surface area contributed by atoms with Crippen molar-refractivity contribution in [3.05, 3.63) is 47.5 Å². The van der Waals surface area contributed by atoms with Gasteiger partial charge in [0.1, 0.15) is 5.82 Å². The molecule has 0 fully saturated rings. The van der Waals surface area contributed by atoms with Gasteiger partial charge in [-0.3, -0.25) is 4.79 Å². The molecule has 0 saturated heterocycles. The summed E-state index contributed by atoms with van der Waals surface area (Å²) in [4.78, 5) is 11.3. The largest absolute Gasteiger partial charge is 0.512 e. The summed E-state index contributed by atoms with van der Waals surface area (Å²) in [5, 5.41) is 9.40. The molecule has 1 N–H and O–H groups in total. The minimum Gasteiger partial charge on any atom is -0.512 e. The number of rotatable bonds is 4. The van der Waals surface area contributed by atoms with Crippen molar-refractivity contribution in [1.82, 2.24) is 0 Å². The van der Waals surface area contributed by atoms with Crippen LogP contribution in [0.1, 0.15) is 31.2 Å². The number of carbonyl (C=O) groups excluding carboxylic acids is 1. The molecule has 2 nitrogen and oxygen atoms in total. The van der Waals surface area contributed by atoms with Crippen LogP contribution in [-0.2, 0) is 11.2 Å². The lowest BCUT2D eigenvalue weighted by Crippen LogP contribution is -2.14. The van der Waals surface area contributed by atoms with Crippen LogP contribution in [0.4, 0.5) is 4.39 Å². The second kappa shape index (κ2) is 5.80. The van der Waals surface area contributed by atoms with Crippen LogP contribution in [0.2, 0.25) is 0 Å². The summed E-state index contributed by atoms with van der Waals surface area (Å²) < 4.78 is 12.7. The number of hydrogen-bond acceptors (Lipinski definition) is 2.